The van der Waals surface area contributed by atoms with Gasteiger partial charge in [0.25, 0.3) is 0 Å². The summed E-state index contributed by atoms with van der Waals surface area (Å²) < 4.78 is 25.1. The smallest absolute Gasteiger partial charge is 0.163 e. The molecular weight excluding hydrogens is 448 g/mol. The van der Waals surface area contributed by atoms with Crippen molar-refractivity contribution in [2.24, 2.45) is 17.8 Å². The third-order valence-electron chi connectivity index (χ3n) is 7.50. The van der Waals surface area contributed by atoms with E-state index in [1.807, 2.05) is 19.1 Å². The largest absolute Gasteiger partial charge is 0.490 e. The van der Waals surface area contributed by atoms with Gasteiger partial charge in [-0.1, -0.05) is 29.3 Å². The zero-order valence-corrected chi connectivity index (χ0v) is 19.9. The molecule has 4 fully saturated rings. The molecule has 0 unspecified atom stereocenters. The lowest BCUT2D eigenvalue weighted by molar-refractivity contribution is -0.0206. The summed E-state index contributed by atoms with van der Waals surface area (Å²) in [4.78, 5) is 0. The zero-order valence-electron chi connectivity index (χ0n) is 18.4. The molecule has 2 aromatic carbocycles. The molecule has 0 heterocycles. The molecule has 0 spiro atoms. The first kappa shape index (κ1) is 22.3. The van der Waals surface area contributed by atoms with Crippen molar-refractivity contribution in [2.75, 3.05) is 6.61 Å². The van der Waals surface area contributed by atoms with E-state index in [2.05, 4.69) is 5.32 Å². The van der Waals surface area contributed by atoms with Crippen LogP contribution in [0.5, 0.6) is 11.5 Å². The number of hydrogen-bond donors (Lipinski definition) is 1. The number of hydrogen-bond acceptors (Lipinski definition) is 3. The molecule has 3 nitrogen and oxygen atoms in total. The molecule has 0 amide bonds. The van der Waals surface area contributed by atoms with Crippen LogP contribution in [0.3, 0.4) is 0 Å². The lowest BCUT2D eigenvalue weighted by atomic mass is 9.53. The lowest BCUT2D eigenvalue weighted by Gasteiger charge is -2.57. The number of halogens is 3. The van der Waals surface area contributed by atoms with Crippen molar-refractivity contribution < 1.29 is 13.9 Å². The molecular formula is C26H30Cl2FNO2. The quantitative estimate of drug-likeness (QED) is 0.436. The molecule has 32 heavy (non-hydrogen) atoms. The molecule has 0 saturated heterocycles. The van der Waals surface area contributed by atoms with E-state index in [4.69, 9.17) is 32.7 Å². The van der Waals surface area contributed by atoms with Gasteiger partial charge in [0.1, 0.15) is 12.4 Å². The van der Waals surface area contributed by atoms with Crippen LogP contribution in [0.15, 0.2) is 30.3 Å². The molecule has 0 atom stereocenters. The Bertz CT molecular complexity index is 961. The van der Waals surface area contributed by atoms with Crippen molar-refractivity contribution in [2.45, 2.75) is 64.1 Å². The first-order valence-corrected chi connectivity index (χ1v) is 12.5. The van der Waals surface area contributed by atoms with Gasteiger partial charge in [0, 0.05) is 28.7 Å². The van der Waals surface area contributed by atoms with E-state index in [0.717, 1.165) is 29.9 Å². The Morgan fingerprint density at radius 1 is 0.906 bits per heavy atom. The predicted octanol–water partition coefficient (Wildman–Crippen LogP) is 7.17. The third kappa shape index (κ3) is 4.60. The minimum absolute atomic E-state index is 0.209. The summed E-state index contributed by atoms with van der Waals surface area (Å²) in [6.07, 6.45) is 8.19. The molecule has 6 heteroatoms. The van der Waals surface area contributed by atoms with Gasteiger partial charge < -0.3 is 14.8 Å². The maximum Gasteiger partial charge on any atom is 0.163 e. The molecule has 4 bridgehead atoms. The van der Waals surface area contributed by atoms with Crippen LogP contribution < -0.4 is 14.8 Å². The van der Waals surface area contributed by atoms with Gasteiger partial charge in [-0.05, 0) is 87.0 Å². The summed E-state index contributed by atoms with van der Waals surface area (Å²) in [5.41, 5.74) is 2.01. The Balaban J connectivity index is 1.30. The highest BCUT2D eigenvalue weighted by Gasteiger charge is 2.50. The second kappa shape index (κ2) is 9.04. The fourth-order valence-electron chi connectivity index (χ4n) is 6.50. The van der Waals surface area contributed by atoms with Crippen LogP contribution in [-0.2, 0) is 13.2 Å². The lowest BCUT2D eigenvalue weighted by Crippen LogP contribution is -2.58. The van der Waals surface area contributed by atoms with Crippen LogP contribution in [-0.4, -0.2) is 12.1 Å². The zero-order chi connectivity index (χ0) is 22.3. The van der Waals surface area contributed by atoms with Crippen LogP contribution in [0.25, 0.3) is 0 Å². The predicted molar refractivity (Wildman–Crippen MR) is 126 cm³/mol. The van der Waals surface area contributed by atoms with Gasteiger partial charge in [0.05, 0.1) is 11.6 Å². The SMILES string of the molecule is CCOc1cc(CNC23CC4CC(CC(C4)C2)C3)c(Cl)cc1OCc1ccc(F)cc1Cl. The Kier molecular flexibility index (Phi) is 6.30. The first-order chi connectivity index (χ1) is 15.4. The number of rotatable bonds is 8. The molecule has 6 rings (SSSR count). The standard InChI is InChI=1S/C26H30Cl2FNO2/c1-2-31-24-8-20(14-30-26-11-16-5-17(12-26)7-18(6-16)13-26)23(28)10-25(24)32-15-19-3-4-21(29)9-22(19)27/h3-4,8-10,16-18,30H,2,5-7,11-15H2,1H3. The summed E-state index contributed by atoms with van der Waals surface area (Å²) in [7, 11) is 0. The van der Waals surface area contributed by atoms with Crippen LogP contribution >= 0.6 is 23.2 Å². The molecule has 0 aliphatic heterocycles. The van der Waals surface area contributed by atoms with Gasteiger partial charge in [0.2, 0.25) is 0 Å². The second-order valence-corrected chi connectivity index (χ2v) is 10.7. The van der Waals surface area contributed by atoms with Crippen LogP contribution in [0.1, 0.15) is 56.6 Å². The Hall–Kier alpha value is -1.49. The normalized spacial score (nSPS) is 28.2. The van der Waals surface area contributed by atoms with E-state index in [0.29, 0.717) is 33.7 Å². The topological polar surface area (TPSA) is 30.5 Å². The van der Waals surface area contributed by atoms with Crippen LogP contribution in [0, 0.1) is 23.6 Å². The van der Waals surface area contributed by atoms with Gasteiger partial charge in [-0.3, -0.25) is 0 Å². The van der Waals surface area contributed by atoms with Crippen molar-refractivity contribution >= 4 is 23.2 Å². The van der Waals surface area contributed by atoms with Crippen LogP contribution in [0.2, 0.25) is 10.0 Å². The summed E-state index contributed by atoms with van der Waals surface area (Å²) in [5, 5.41) is 4.91. The molecule has 0 radical (unpaired) electrons. The Morgan fingerprint density at radius 2 is 1.53 bits per heavy atom. The maximum absolute atomic E-state index is 13.3. The Labute approximate surface area is 199 Å². The van der Waals surface area contributed by atoms with Gasteiger partial charge in [-0.25, -0.2) is 4.39 Å². The first-order valence-electron chi connectivity index (χ1n) is 11.7. The fraction of sp³-hybridized carbons (Fsp3) is 0.538. The highest BCUT2D eigenvalue weighted by atomic mass is 35.5. The van der Waals surface area contributed by atoms with Crippen molar-refractivity contribution in [3.8, 4) is 11.5 Å². The van der Waals surface area contributed by atoms with Crippen molar-refractivity contribution in [3.63, 3.8) is 0 Å². The third-order valence-corrected chi connectivity index (χ3v) is 8.21. The van der Waals surface area contributed by atoms with Gasteiger partial charge in [-0.2, -0.15) is 0 Å². The van der Waals surface area contributed by atoms with E-state index in [1.165, 1.54) is 50.7 Å². The molecule has 4 aliphatic rings. The van der Waals surface area contributed by atoms with Gasteiger partial charge >= 0.3 is 0 Å². The summed E-state index contributed by atoms with van der Waals surface area (Å²) in [6, 6.07) is 8.10. The summed E-state index contributed by atoms with van der Waals surface area (Å²) in [5.74, 6) is 3.56. The van der Waals surface area contributed by atoms with E-state index < -0.39 is 0 Å². The Morgan fingerprint density at radius 3 is 2.16 bits per heavy atom. The van der Waals surface area contributed by atoms with Crippen LogP contribution in [0.4, 0.5) is 4.39 Å². The fourth-order valence-corrected chi connectivity index (χ4v) is 6.94. The average Bonchev–Trinajstić information content (AvgIpc) is 2.73. The second-order valence-electron chi connectivity index (χ2n) is 9.90. The molecule has 1 N–H and O–H groups in total. The molecule has 4 saturated carbocycles. The average molecular weight is 478 g/mol. The molecule has 4 aliphatic carbocycles. The maximum atomic E-state index is 13.3. The monoisotopic (exact) mass is 477 g/mol. The number of ether oxygens (including phenoxy) is 2. The summed E-state index contributed by atoms with van der Waals surface area (Å²) >= 11 is 12.8. The van der Waals surface area contributed by atoms with Gasteiger partial charge in [-0.15, -0.1) is 0 Å². The minimum Gasteiger partial charge on any atom is -0.490 e. The molecule has 0 aromatic heterocycles. The number of nitrogens with one attached hydrogen (secondary N) is 1. The number of benzene rings is 2. The van der Waals surface area contributed by atoms with Gasteiger partial charge in [0.15, 0.2) is 11.5 Å². The highest BCUT2D eigenvalue weighted by Crippen LogP contribution is 2.55. The van der Waals surface area contributed by atoms with Crippen molar-refractivity contribution in [3.05, 3.63) is 57.3 Å². The van der Waals surface area contributed by atoms with E-state index >= 15 is 0 Å². The van der Waals surface area contributed by atoms with Crippen molar-refractivity contribution in [1.29, 1.82) is 0 Å². The molecule has 172 valence electrons. The van der Waals surface area contributed by atoms with E-state index in [1.54, 1.807) is 6.07 Å². The molecule has 2 aromatic rings. The van der Waals surface area contributed by atoms with Crippen molar-refractivity contribution in [1.82, 2.24) is 5.32 Å². The highest BCUT2D eigenvalue weighted by molar-refractivity contribution is 6.31. The minimum atomic E-state index is -0.368. The summed E-state index contributed by atoms with van der Waals surface area (Å²) in [6.45, 7) is 3.41. The van der Waals surface area contributed by atoms with E-state index in [-0.39, 0.29) is 18.0 Å². The van der Waals surface area contributed by atoms with E-state index in [9.17, 15) is 4.39 Å².